The average Bonchev–Trinajstić information content (AvgIpc) is 3.17. The van der Waals surface area contributed by atoms with Crippen molar-refractivity contribution in [3.05, 3.63) is 58.3 Å². The van der Waals surface area contributed by atoms with Crippen molar-refractivity contribution in [3.63, 3.8) is 0 Å². The molecule has 0 fully saturated rings. The number of nitrogens with zero attached hydrogens (tertiary/aromatic N) is 1. The second-order valence-electron chi connectivity index (χ2n) is 5.35. The van der Waals surface area contributed by atoms with Crippen LogP contribution >= 0.6 is 22.9 Å². The number of carbonyl (C=O) groups is 1. The first-order valence-electron chi connectivity index (χ1n) is 7.16. The van der Waals surface area contributed by atoms with Gasteiger partial charge in [-0.3, -0.25) is 10.1 Å². The van der Waals surface area contributed by atoms with Gasteiger partial charge in [0, 0.05) is 21.7 Å². The first-order chi connectivity index (χ1) is 11.0. The van der Waals surface area contributed by atoms with E-state index in [0.717, 1.165) is 10.4 Å². The molecule has 0 atom stereocenters. The molecule has 2 heterocycles. The Morgan fingerprint density at radius 2 is 1.96 bits per heavy atom. The molecule has 0 saturated carbocycles. The lowest BCUT2D eigenvalue weighted by Crippen LogP contribution is -2.10. The van der Waals surface area contributed by atoms with E-state index in [9.17, 15) is 4.79 Å². The van der Waals surface area contributed by atoms with Crippen molar-refractivity contribution >= 4 is 34.0 Å². The standard InChI is InChI=1S/C17H15ClN2O2S/c1-10(2)15-9-19-17(23-15)20-16(21)14-8-7-13(22-14)11-3-5-12(18)6-4-11/h3-10H,1-2H3,(H,19,20,21). The Balaban J connectivity index is 1.74. The van der Waals surface area contributed by atoms with Gasteiger partial charge in [0.05, 0.1) is 0 Å². The third-order valence-electron chi connectivity index (χ3n) is 3.27. The number of carbonyl (C=O) groups excluding carboxylic acids is 1. The van der Waals surface area contributed by atoms with Crippen LogP contribution < -0.4 is 5.32 Å². The Kier molecular flexibility index (Phi) is 4.50. The van der Waals surface area contributed by atoms with Gasteiger partial charge in [0.1, 0.15) is 5.76 Å². The Morgan fingerprint density at radius 3 is 2.61 bits per heavy atom. The lowest BCUT2D eigenvalue weighted by Gasteiger charge is -2.00. The number of hydrogen-bond donors (Lipinski definition) is 1. The molecule has 0 saturated heterocycles. The van der Waals surface area contributed by atoms with E-state index in [4.69, 9.17) is 16.0 Å². The summed E-state index contributed by atoms with van der Waals surface area (Å²) in [5.74, 6) is 0.943. The van der Waals surface area contributed by atoms with Gasteiger partial charge in [-0.1, -0.05) is 25.4 Å². The van der Waals surface area contributed by atoms with Crippen LogP contribution in [-0.2, 0) is 0 Å². The van der Waals surface area contributed by atoms with Gasteiger partial charge in [-0.2, -0.15) is 0 Å². The van der Waals surface area contributed by atoms with Gasteiger partial charge in [0.25, 0.3) is 5.91 Å². The van der Waals surface area contributed by atoms with E-state index < -0.39 is 0 Å². The first-order valence-corrected chi connectivity index (χ1v) is 8.35. The van der Waals surface area contributed by atoms with Crippen LogP contribution in [0.15, 0.2) is 47.0 Å². The molecule has 4 nitrogen and oxygen atoms in total. The van der Waals surface area contributed by atoms with Crippen molar-refractivity contribution in [1.29, 1.82) is 0 Å². The molecule has 1 aromatic carbocycles. The van der Waals surface area contributed by atoms with Gasteiger partial charge in [0.2, 0.25) is 0 Å². The molecule has 0 aliphatic carbocycles. The van der Waals surface area contributed by atoms with E-state index in [1.807, 2.05) is 12.1 Å². The molecule has 0 unspecified atom stereocenters. The quantitative estimate of drug-likeness (QED) is 0.685. The van der Waals surface area contributed by atoms with Crippen molar-refractivity contribution in [1.82, 2.24) is 4.98 Å². The zero-order valence-corrected chi connectivity index (χ0v) is 14.2. The van der Waals surface area contributed by atoms with Crippen molar-refractivity contribution in [3.8, 4) is 11.3 Å². The highest BCUT2D eigenvalue weighted by Gasteiger charge is 2.14. The highest BCUT2D eigenvalue weighted by atomic mass is 35.5. The molecular formula is C17H15ClN2O2S. The number of halogens is 1. The number of anilines is 1. The Morgan fingerprint density at radius 1 is 1.22 bits per heavy atom. The van der Waals surface area contributed by atoms with Gasteiger partial charge in [0.15, 0.2) is 10.9 Å². The summed E-state index contributed by atoms with van der Waals surface area (Å²) in [4.78, 5) is 17.6. The molecule has 0 spiro atoms. The van der Waals surface area contributed by atoms with E-state index in [0.29, 0.717) is 21.8 Å². The summed E-state index contributed by atoms with van der Waals surface area (Å²) in [6.07, 6.45) is 1.78. The molecule has 3 rings (SSSR count). The van der Waals surface area contributed by atoms with Crippen molar-refractivity contribution in [2.45, 2.75) is 19.8 Å². The van der Waals surface area contributed by atoms with Gasteiger partial charge in [-0.25, -0.2) is 4.98 Å². The average molecular weight is 347 g/mol. The van der Waals surface area contributed by atoms with Crippen molar-refractivity contribution < 1.29 is 9.21 Å². The van der Waals surface area contributed by atoms with E-state index >= 15 is 0 Å². The fourth-order valence-corrected chi connectivity index (χ4v) is 2.94. The fraction of sp³-hybridized carbons (Fsp3) is 0.176. The summed E-state index contributed by atoms with van der Waals surface area (Å²) >= 11 is 7.34. The maximum atomic E-state index is 12.2. The molecule has 1 amide bonds. The van der Waals surface area contributed by atoms with Crippen LogP contribution in [0, 0.1) is 0 Å². The van der Waals surface area contributed by atoms with Gasteiger partial charge >= 0.3 is 0 Å². The first kappa shape index (κ1) is 15.8. The number of benzene rings is 1. The van der Waals surface area contributed by atoms with E-state index in [-0.39, 0.29) is 11.7 Å². The maximum absolute atomic E-state index is 12.2. The number of amides is 1. The van der Waals surface area contributed by atoms with Crippen LogP contribution in [0.4, 0.5) is 5.13 Å². The maximum Gasteiger partial charge on any atom is 0.293 e. The zero-order valence-electron chi connectivity index (χ0n) is 12.7. The lowest BCUT2D eigenvalue weighted by atomic mass is 10.2. The number of furan rings is 1. The molecule has 1 N–H and O–H groups in total. The smallest absolute Gasteiger partial charge is 0.293 e. The van der Waals surface area contributed by atoms with Crippen LogP contribution in [0.25, 0.3) is 11.3 Å². The molecule has 0 aliphatic rings. The molecule has 3 aromatic rings. The minimum atomic E-state index is -0.310. The number of thiazole rings is 1. The predicted molar refractivity (Wildman–Crippen MR) is 93.3 cm³/mol. The highest BCUT2D eigenvalue weighted by Crippen LogP contribution is 2.27. The Bertz CT molecular complexity index is 821. The second-order valence-corrected chi connectivity index (χ2v) is 6.85. The van der Waals surface area contributed by atoms with Gasteiger partial charge < -0.3 is 4.42 Å². The van der Waals surface area contributed by atoms with Crippen LogP contribution in [0.1, 0.15) is 35.2 Å². The highest BCUT2D eigenvalue weighted by molar-refractivity contribution is 7.15. The monoisotopic (exact) mass is 346 g/mol. The third kappa shape index (κ3) is 3.63. The SMILES string of the molecule is CC(C)c1cnc(NC(=O)c2ccc(-c3ccc(Cl)cc3)o2)s1. The largest absolute Gasteiger partial charge is 0.451 e. The van der Waals surface area contributed by atoms with E-state index in [1.54, 1.807) is 30.5 Å². The number of rotatable bonds is 4. The van der Waals surface area contributed by atoms with Gasteiger partial charge in [-0.15, -0.1) is 11.3 Å². The van der Waals surface area contributed by atoms with Crippen LogP contribution in [-0.4, -0.2) is 10.9 Å². The van der Waals surface area contributed by atoms with E-state index in [2.05, 4.69) is 24.1 Å². The zero-order chi connectivity index (χ0) is 16.4. The van der Waals surface area contributed by atoms with Crippen molar-refractivity contribution in [2.24, 2.45) is 0 Å². The summed E-state index contributed by atoms with van der Waals surface area (Å²) in [7, 11) is 0. The van der Waals surface area contributed by atoms with Crippen LogP contribution in [0.2, 0.25) is 5.02 Å². The molecule has 0 bridgehead atoms. The van der Waals surface area contributed by atoms with E-state index in [1.165, 1.54) is 11.3 Å². The summed E-state index contributed by atoms with van der Waals surface area (Å²) < 4.78 is 5.62. The van der Waals surface area contributed by atoms with Crippen molar-refractivity contribution in [2.75, 3.05) is 5.32 Å². The predicted octanol–water partition coefficient (Wildman–Crippen LogP) is 5.43. The topological polar surface area (TPSA) is 55.1 Å². The molecule has 2 aromatic heterocycles. The third-order valence-corrected chi connectivity index (χ3v) is 4.74. The second kappa shape index (κ2) is 6.56. The summed E-state index contributed by atoms with van der Waals surface area (Å²) in [6.45, 7) is 4.17. The minimum absolute atomic E-state index is 0.247. The molecule has 0 radical (unpaired) electrons. The van der Waals surface area contributed by atoms with Gasteiger partial charge in [-0.05, 0) is 42.3 Å². The summed E-state index contributed by atoms with van der Waals surface area (Å²) in [5, 5.41) is 3.99. The molecule has 118 valence electrons. The normalized spacial score (nSPS) is 11.0. The molecule has 6 heteroatoms. The minimum Gasteiger partial charge on any atom is -0.451 e. The van der Waals surface area contributed by atoms with Crippen LogP contribution in [0.5, 0.6) is 0 Å². The number of nitrogens with one attached hydrogen (secondary N) is 1. The fourth-order valence-electron chi connectivity index (χ4n) is 2.00. The van der Waals surface area contributed by atoms with Crippen LogP contribution in [0.3, 0.4) is 0 Å². The summed E-state index contributed by atoms with van der Waals surface area (Å²) in [5.41, 5.74) is 0.866. The Hall–Kier alpha value is -2.11. The lowest BCUT2D eigenvalue weighted by molar-refractivity contribution is 0.0997. The number of hydrogen-bond acceptors (Lipinski definition) is 4. The molecular weight excluding hydrogens is 332 g/mol. The molecule has 0 aliphatic heterocycles. The number of aromatic nitrogens is 1. The summed E-state index contributed by atoms with van der Waals surface area (Å²) in [6, 6.07) is 10.7. The Labute approximate surface area is 143 Å². The molecule has 23 heavy (non-hydrogen) atoms.